The fourth-order valence-corrected chi connectivity index (χ4v) is 3.41. The fourth-order valence-electron chi connectivity index (χ4n) is 3.41. The maximum Gasteiger partial charge on any atom is 0.319 e. The molecule has 4 heteroatoms. The van der Waals surface area contributed by atoms with Crippen LogP contribution < -0.4 is 5.32 Å². The van der Waals surface area contributed by atoms with Crippen molar-refractivity contribution in [3.8, 4) is 0 Å². The Bertz CT molecular complexity index is 507. The van der Waals surface area contributed by atoms with Gasteiger partial charge >= 0.3 is 6.03 Å². The Morgan fingerprint density at radius 1 is 1.29 bits per heavy atom. The Morgan fingerprint density at radius 3 is 2.67 bits per heavy atom. The van der Waals surface area contributed by atoms with Gasteiger partial charge in [-0.15, -0.1) is 0 Å². The van der Waals surface area contributed by atoms with Crippen molar-refractivity contribution in [1.29, 1.82) is 0 Å². The number of carbonyl (C=O) groups is 1. The van der Waals surface area contributed by atoms with Crippen LogP contribution in [-0.4, -0.2) is 55.6 Å². The lowest BCUT2D eigenvalue weighted by Gasteiger charge is -2.36. The summed E-state index contributed by atoms with van der Waals surface area (Å²) < 4.78 is 0. The standard InChI is InChI=1S/C17H25N3O/c1-19(2)17(21)20-9-7-15(8-10-20)18-12-14-11-13-5-3-4-6-16(13)14/h3-6,14-15,18H,7-12H2,1-2H3. The molecule has 2 aliphatic rings. The van der Waals surface area contributed by atoms with Crippen molar-refractivity contribution in [2.45, 2.75) is 31.2 Å². The molecule has 1 atom stereocenters. The van der Waals surface area contributed by atoms with Gasteiger partial charge in [-0.05, 0) is 30.4 Å². The van der Waals surface area contributed by atoms with Crippen LogP contribution in [0.1, 0.15) is 29.9 Å². The minimum absolute atomic E-state index is 0.140. The lowest BCUT2D eigenvalue weighted by molar-refractivity contribution is 0.152. The molecule has 1 saturated heterocycles. The van der Waals surface area contributed by atoms with Crippen LogP contribution in [0.25, 0.3) is 0 Å². The number of likely N-dealkylation sites (tertiary alicyclic amines) is 1. The first-order valence-electron chi connectivity index (χ1n) is 7.92. The second kappa shape index (κ2) is 6.06. The van der Waals surface area contributed by atoms with E-state index in [-0.39, 0.29) is 6.03 Å². The predicted molar refractivity (Wildman–Crippen MR) is 84.6 cm³/mol. The fraction of sp³-hybridized carbons (Fsp3) is 0.588. The molecule has 4 nitrogen and oxygen atoms in total. The Labute approximate surface area is 127 Å². The van der Waals surface area contributed by atoms with Gasteiger partial charge in [0.25, 0.3) is 0 Å². The second-order valence-electron chi connectivity index (χ2n) is 6.45. The quantitative estimate of drug-likeness (QED) is 0.923. The molecule has 2 amide bonds. The highest BCUT2D eigenvalue weighted by molar-refractivity contribution is 5.73. The molecule has 0 spiro atoms. The van der Waals surface area contributed by atoms with Gasteiger partial charge in [-0.3, -0.25) is 0 Å². The van der Waals surface area contributed by atoms with Crippen molar-refractivity contribution < 1.29 is 4.79 Å². The maximum absolute atomic E-state index is 11.9. The Hall–Kier alpha value is -1.55. The molecule has 1 unspecified atom stereocenters. The van der Waals surface area contributed by atoms with E-state index in [2.05, 4.69) is 29.6 Å². The van der Waals surface area contributed by atoms with Crippen LogP contribution in [0.5, 0.6) is 0 Å². The third kappa shape index (κ3) is 3.05. The van der Waals surface area contributed by atoms with Crippen LogP contribution in [0, 0.1) is 0 Å². The molecule has 1 fully saturated rings. The largest absolute Gasteiger partial charge is 0.331 e. The minimum atomic E-state index is 0.140. The maximum atomic E-state index is 11.9. The molecule has 114 valence electrons. The van der Waals surface area contributed by atoms with E-state index in [4.69, 9.17) is 0 Å². The average molecular weight is 287 g/mol. The number of nitrogens with one attached hydrogen (secondary N) is 1. The van der Waals surface area contributed by atoms with Crippen LogP contribution >= 0.6 is 0 Å². The van der Waals surface area contributed by atoms with Crippen molar-refractivity contribution in [3.63, 3.8) is 0 Å². The van der Waals surface area contributed by atoms with E-state index in [1.807, 2.05) is 19.0 Å². The molecule has 21 heavy (non-hydrogen) atoms. The zero-order valence-electron chi connectivity index (χ0n) is 13.0. The van der Waals surface area contributed by atoms with Gasteiger partial charge in [0.1, 0.15) is 0 Å². The molecule has 0 radical (unpaired) electrons. The highest BCUT2D eigenvalue weighted by atomic mass is 16.2. The number of fused-ring (bicyclic) bond motifs is 1. The molecule has 1 aliphatic heterocycles. The van der Waals surface area contributed by atoms with E-state index in [1.54, 1.807) is 4.90 Å². The van der Waals surface area contributed by atoms with Gasteiger partial charge in [0.05, 0.1) is 0 Å². The number of rotatable bonds is 3. The van der Waals surface area contributed by atoms with Crippen molar-refractivity contribution in [2.75, 3.05) is 33.7 Å². The molecule has 0 aromatic heterocycles. The molecular formula is C17H25N3O. The molecule has 1 aromatic carbocycles. The van der Waals surface area contributed by atoms with Crippen molar-refractivity contribution in [2.24, 2.45) is 0 Å². The molecule has 1 aromatic rings. The Morgan fingerprint density at radius 2 is 2.00 bits per heavy atom. The van der Waals surface area contributed by atoms with Crippen molar-refractivity contribution >= 4 is 6.03 Å². The molecular weight excluding hydrogens is 262 g/mol. The number of hydrogen-bond donors (Lipinski definition) is 1. The van der Waals surface area contributed by atoms with E-state index < -0.39 is 0 Å². The zero-order chi connectivity index (χ0) is 14.8. The monoisotopic (exact) mass is 287 g/mol. The third-order valence-electron chi connectivity index (χ3n) is 4.76. The smallest absolute Gasteiger partial charge is 0.319 e. The number of hydrogen-bond acceptors (Lipinski definition) is 2. The number of nitrogens with zero attached hydrogens (tertiary/aromatic N) is 2. The van der Waals surface area contributed by atoms with E-state index >= 15 is 0 Å². The van der Waals surface area contributed by atoms with Gasteiger partial charge < -0.3 is 15.1 Å². The molecule has 1 N–H and O–H groups in total. The van der Waals surface area contributed by atoms with Crippen LogP contribution in [-0.2, 0) is 6.42 Å². The Kier molecular flexibility index (Phi) is 4.15. The number of amides is 2. The first kappa shape index (κ1) is 14.4. The first-order chi connectivity index (χ1) is 10.1. The van der Waals surface area contributed by atoms with Crippen LogP contribution in [0.15, 0.2) is 24.3 Å². The summed E-state index contributed by atoms with van der Waals surface area (Å²) in [7, 11) is 3.64. The summed E-state index contributed by atoms with van der Waals surface area (Å²) in [6.45, 7) is 2.81. The summed E-state index contributed by atoms with van der Waals surface area (Å²) in [6.07, 6.45) is 3.34. The Balaban J connectivity index is 1.42. The molecule has 1 aliphatic carbocycles. The van der Waals surface area contributed by atoms with Gasteiger partial charge in [0, 0.05) is 45.7 Å². The molecule has 0 bridgehead atoms. The lowest BCUT2D eigenvalue weighted by Crippen LogP contribution is -2.48. The molecule has 1 heterocycles. The summed E-state index contributed by atoms with van der Waals surface area (Å²) in [5.74, 6) is 0.683. The SMILES string of the molecule is CN(C)C(=O)N1CCC(NCC2Cc3ccccc32)CC1. The lowest BCUT2D eigenvalue weighted by atomic mass is 9.77. The summed E-state index contributed by atoms with van der Waals surface area (Å²) in [4.78, 5) is 15.5. The van der Waals surface area contributed by atoms with Gasteiger partial charge in [0.15, 0.2) is 0 Å². The van der Waals surface area contributed by atoms with E-state index in [0.29, 0.717) is 12.0 Å². The summed E-state index contributed by atoms with van der Waals surface area (Å²) in [5.41, 5.74) is 3.03. The molecule has 3 rings (SSSR count). The van der Waals surface area contributed by atoms with Gasteiger partial charge in [-0.1, -0.05) is 24.3 Å². The molecule has 0 saturated carbocycles. The summed E-state index contributed by atoms with van der Waals surface area (Å²) in [6, 6.07) is 9.45. The third-order valence-corrected chi connectivity index (χ3v) is 4.76. The predicted octanol–water partition coefficient (Wildman–Crippen LogP) is 2.06. The second-order valence-corrected chi connectivity index (χ2v) is 6.45. The summed E-state index contributed by atoms with van der Waals surface area (Å²) in [5, 5.41) is 3.70. The first-order valence-corrected chi connectivity index (χ1v) is 7.92. The van der Waals surface area contributed by atoms with E-state index in [0.717, 1.165) is 32.5 Å². The van der Waals surface area contributed by atoms with Gasteiger partial charge in [-0.25, -0.2) is 4.79 Å². The number of piperidine rings is 1. The highest BCUT2D eigenvalue weighted by Gasteiger charge is 2.27. The normalized spacial score (nSPS) is 21.6. The van der Waals surface area contributed by atoms with E-state index in [1.165, 1.54) is 17.5 Å². The van der Waals surface area contributed by atoms with Crippen molar-refractivity contribution in [1.82, 2.24) is 15.1 Å². The minimum Gasteiger partial charge on any atom is -0.331 e. The number of urea groups is 1. The van der Waals surface area contributed by atoms with Crippen molar-refractivity contribution in [3.05, 3.63) is 35.4 Å². The van der Waals surface area contributed by atoms with Crippen LogP contribution in [0.2, 0.25) is 0 Å². The average Bonchev–Trinajstić information content (AvgIpc) is 2.48. The summed E-state index contributed by atoms with van der Waals surface area (Å²) >= 11 is 0. The number of benzene rings is 1. The van der Waals surface area contributed by atoms with Crippen LogP contribution in [0.4, 0.5) is 4.79 Å². The number of carbonyl (C=O) groups excluding carboxylic acids is 1. The van der Waals surface area contributed by atoms with Gasteiger partial charge in [0.2, 0.25) is 0 Å². The van der Waals surface area contributed by atoms with E-state index in [9.17, 15) is 4.79 Å². The van der Waals surface area contributed by atoms with Crippen LogP contribution in [0.3, 0.4) is 0 Å². The highest BCUT2D eigenvalue weighted by Crippen LogP contribution is 2.34. The zero-order valence-corrected chi connectivity index (χ0v) is 13.0. The topological polar surface area (TPSA) is 35.6 Å². The van der Waals surface area contributed by atoms with Gasteiger partial charge in [-0.2, -0.15) is 0 Å².